The molecule has 0 aromatic heterocycles. The first-order valence-corrected chi connectivity index (χ1v) is 7.53. The van der Waals surface area contributed by atoms with E-state index in [-0.39, 0.29) is 11.3 Å². The topological polar surface area (TPSA) is 61.4 Å². The zero-order chi connectivity index (χ0) is 11.6. The molecule has 2 fully saturated rings. The Morgan fingerprint density at radius 2 is 2.19 bits per heavy atom. The highest BCUT2D eigenvalue weighted by molar-refractivity contribution is 7.90. The molecule has 0 aromatic rings. The Labute approximate surface area is 97.6 Å². The van der Waals surface area contributed by atoms with Crippen LogP contribution in [0.1, 0.15) is 19.3 Å². The summed E-state index contributed by atoms with van der Waals surface area (Å²) in [5.74, 6) is 0. The van der Waals surface area contributed by atoms with E-state index >= 15 is 0 Å². The maximum Gasteiger partial charge on any atom is 0.216 e. The largest absolute Gasteiger partial charge is 0.315 e. The van der Waals surface area contributed by atoms with Gasteiger partial charge in [0.1, 0.15) is 0 Å². The summed E-state index contributed by atoms with van der Waals surface area (Å²) >= 11 is 0. The quantitative estimate of drug-likeness (QED) is 0.696. The molecule has 0 amide bonds. The third kappa shape index (κ3) is 2.94. The highest BCUT2D eigenvalue weighted by atomic mass is 32.2. The fraction of sp³-hybridized carbons (Fsp3) is 1.00. The molecule has 94 valence electrons. The molecule has 2 aliphatic heterocycles. The monoisotopic (exact) mass is 247 g/mol. The van der Waals surface area contributed by atoms with Crippen molar-refractivity contribution in [3.63, 3.8) is 0 Å². The van der Waals surface area contributed by atoms with Crippen molar-refractivity contribution in [3.05, 3.63) is 0 Å². The normalized spacial score (nSPS) is 33.1. The smallest absolute Gasteiger partial charge is 0.216 e. The molecule has 16 heavy (non-hydrogen) atoms. The van der Waals surface area contributed by atoms with Crippen LogP contribution in [0.5, 0.6) is 0 Å². The van der Waals surface area contributed by atoms with Crippen LogP contribution in [0.2, 0.25) is 0 Å². The molecule has 0 aromatic carbocycles. The molecule has 2 unspecified atom stereocenters. The number of piperidine rings is 1. The summed E-state index contributed by atoms with van der Waals surface area (Å²) in [6.07, 6.45) is 2.77. The molecule has 2 saturated heterocycles. The van der Waals surface area contributed by atoms with Gasteiger partial charge in [0.2, 0.25) is 10.0 Å². The maximum atomic E-state index is 12.0. The summed E-state index contributed by atoms with van der Waals surface area (Å²) in [4.78, 5) is 2.18. The van der Waals surface area contributed by atoms with E-state index in [1.165, 1.54) is 0 Å². The van der Waals surface area contributed by atoms with Crippen LogP contribution in [0.25, 0.3) is 0 Å². The Morgan fingerprint density at radius 1 is 1.38 bits per heavy atom. The van der Waals surface area contributed by atoms with E-state index in [0.29, 0.717) is 6.54 Å². The molecule has 0 radical (unpaired) electrons. The molecule has 2 aliphatic rings. The lowest BCUT2D eigenvalue weighted by atomic mass is 10.1. The first kappa shape index (κ1) is 12.3. The lowest BCUT2D eigenvalue weighted by molar-refractivity contribution is 0.242. The number of likely N-dealkylation sites (N-methyl/N-ethyl adjacent to an activating group) is 1. The molecule has 5 nitrogen and oxygen atoms in total. The highest BCUT2D eigenvalue weighted by Gasteiger charge is 2.31. The molecule has 2 heterocycles. The lowest BCUT2D eigenvalue weighted by Crippen LogP contribution is -2.49. The van der Waals surface area contributed by atoms with Gasteiger partial charge in [0, 0.05) is 19.1 Å². The van der Waals surface area contributed by atoms with Gasteiger partial charge in [-0.1, -0.05) is 0 Å². The number of sulfonamides is 1. The molecule has 2 N–H and O–H groups in total. The zero-order valence-electron chi connectivity index (χ0n) is 9.78. The van der Waals surface area contributed by atoms with Gasteiger partial charge in [-0.2, -0.15) is 0 Å². The summed E-state index contributed by atoms with van der Waals surface area (Å²) in [7, 11) is -1.08. The number of nitrogens with one attached hydrogen (secondary N) is 2. The van der Waals surface area contributed by atoms with E-state index in [1.54, 1.807) is 0 Å². The number of likely N-dealkylation sites (tertiary alicyclic amines) is 1. The minimum Gasteiger partial charge on any atom is -0.315 e. The molecule has 0 bridgehead atoms. The molecular weight excluding hydrogens is 226 g/mol. The van der Waals surface area contributed by atoms with Gasteiger partial charge < -0.3 is 10.2 Å². The van der Waals surface area contributed by atoms with Crippen molar-refractivity contribution in [3.8, 4) is 0 Å². The van der Waals surface area contributed by atoms with Crippen molar-refractivity contribution < 1.29 is 8.42 Å². The maximum absolute atomic E-state index is 12.0. The van der Waals surface area contributed by atoms with Crippen molar-refractivity contribution in [2.45, 2.75) is 30.6 Å². The van der Waals surface area contributed by atoms with E-state index in [9.17, 15) is 8.42 Å². The molecule has 0 saturated carbocycles. The Balaban J connectivity index is 1.92. The minimum atomic E-state index is -3.12. The molecule has 6 heteroatoms. The second kappa shape index (κ2) is 5.00. The average molecular weight is 247 g/mol. The number of hydrogen-bond acceptors (Lipinski definition) is 4. The number of rotatable bonds is 3. The fourth-order valence-corrected chi connectivity index (χ4v) is 4.10. The first-order valence-electron chi connectivity index (χ1n) is 5.98. The zero-order valence-corrected chi connectivity index (χ0v) is 10.6. The van der Waals surface area contributed by atoms with E-state index in [2.05, 4.69) is 14.9 Å². The van der Waals surface area contributed by atoms with E-state index in [4.69, 9.17) is 0 Å². The number of nitrogens with zero attached hydrogens (tertiary/aromatic N) is 1. The average Bonchev–Trinajstić information content (AvgIpc) is 2.69. The highest BCUT2D eigenvalue weighted by Crippen LogP contribution is 2.13. The van der Waals surface area contributed by atoms with E-state index < -0.39 is 10.0 Å². The van der Waals surface area contributed by atoms with Crippen molar-refractivity contribution in [2.24, 2.45) is 0 Å². The SMILES string of the molecule is CN1CCCC(NS(=O)(=O)C2CCNC2)C1. The predicted molar refractivity (Wildman–Crippen MR) is 63.8 cm³/mol. The summed E-state index contributed by atoms with van der Waals surface area (Å²) in [5, 5.41) is 2.86. The molecule has 2 atom stereocenters. The minimum absolute atomic E-state index is 0.101. The van der Waals surface area contributed by atoms with Crippen LogP contribution in [-0.2, 0) is 10.0 Å². The van der Waals surface area contributed by atoms with Gasteiger partial charge in [-0.15, -0.1) is 0 Å². The van der Waals surface area contributed by atoms with Gasteiger partial charge in [0.15, 0.2) is 0 Å². The van der Waals surface area contributed by atoms with Gasteiger partial charge >= 0.3 is 0 Å². The van der Waals surface area contributed by atoms with Crippen LogP contribution in [0.3, 0.4) is 0 Å². The third-order valence-corrected chi connectivity index (χ3v) is 5.35. The van der Waals surface area contributed by atoms with Gasteiger partial charge in [-0.3, -0.25) is 0 Å². The predicted octanol–water partition coefficient (Wildman–Crippen LogP) is -0.638. The Morgan fingerprint density at radius 3 is 2.81 bits per heavy atom. The van der Waals surface area contributed by atoms with Crippen LogP contribution < -0.4 is 10.0 Å². The third-order valence-electron chi connectivity index (χ3n) is 3.41. The van der Waals surface area contributed by atoms with Crippen LogP contribution >= 0.6 is 0 Å². The molecule has 2 rings (SSSR count). The molecule has 0 aliphatic carbocycles. The molecular formula is C10H21N3O2S. The van der Waals surface area contributed by atoms with Crippen LogP contribution in [0.15, 0.2) is 0 Å². The second-order valence-electron chi connectivity index (χ2n) is 4.88. The lowest BCUT2D eigenvalue weighted by Gasteiger charge is -2.30. The summed E-state index contributed by atoms with van der Waals surface area (Å²) in [6, 6.07) is 0.101. The second-order valence-corrected chi connectivity index (χ2v) is 6.87. The van der Waals surface area contributed by atoms with Crippen molar-refractivity contribution in [2.75, 3.05) is 33.2 Å². The van der Waals surface area contributed by atoms with Crippen molar-refractivity contribution in [1.82, 2.24) is 14.9 Å². The Hall–Kier alpha value is -0.170. The fourth-order valence-electron chi connectivity index (χ4n) is 2.48. The van der Waals surface area contributed by atoms with Crippen LogP contribution in [0.4, 0.5) is 0 Å². The summed E-state index contributed by atoms with van der Waals surface area (Å²) in [6.45, 7) is 3.32. The first-order chi connectivity index (χ1) is 7.58. The van der Waals surface area contributed by atoms with Gasteiger partial charge in [0.25, 0.3) is 0 Å². The van der Waals surface area contributed by atoms with Gasteiger partial charge in [-0.05, 0) is 39.4 Å². The van der Waals surface area contributed by atoms with Crippen LogP contribution in [-0.4, -0.2) is 57.8 Å². The van der Waals surface area contributed by atoms with E-state index in [1.807, 2.05) is 7.05 Å². The van der Waals surface area contributed by atoms with Crippen molar-refractivity contribution in [1.29, 1.82) is 0 Å². The van der Waals surface area contributed by atoms with Crippen LogP contribution in [0, 0.1) is 0 Å². The van der Waals surface area contributed by atoms with Gasteiger partial charge in [-0.25, -0.2) is 13.1 Å². The van der Waals surface area contributed by atoms with E-state index in [0.717, 1.165) is 38.9 Å². The molecule has 0 spiro atoms. The Bertz CT molecular complexity index is 325. The van der Waals surface area contributed by atoms with Crippen molar-refractivity contribution >= 4 is 10.0 Å². The number of hydrogen-bond donors (Lipinski definition) is 2. The Kier molecular flexibility index (Phi) is 3.84. The van der Waals surface area contributed by atoms with Gasteiger partial charge in [0.05, 0.1) is 5.25 Å². The standard InChI is InChI=1S/C10H21N3O2S/c1-13-6-2-3-9(8-13)12-16(14,15)10-4-5-11-7-10/h9-12H,2-8H2,1H3. The summed E-state index contributed by atoms with van der Waals surface area (Å²) < 4.78 is 26.9. The summed E-state index contributed by atoms with van der Waals surface area (Å²) in [5.41, 5.74) is 0.